The van der Waals surface area contributed by atoms with E-state index in [1.54, 1.807) is 0 Å². The summed E-state index contributed by atoms with van der Waals surface area (Å²) >= 11 is 0. The van der Waals surface area contributed by atoms with E-state index in [0.29, 0.717) is 6.42 Å². The third-order valence-corrected chi connectivity index (χ3v) is 3.58. The molecule has 1 aromatic rings. The summed E-state index contributed by atoms with van der Waals surface area (Å²) in [6.45, 7) is 5.78. The van der Waals surface area contributed by atoms with Crippen LogP contribution < -0.4 is 4.74 Å². The van der Waals surface area contributed by atoms with Crippen LogP contribution in [-0.2, 0) is 4.79 Å². The third kappa shape index (κ3) is 3.98. The first-order valence-electron chi connectivity index (χ1n) is 7.20. The van der Waals surface area contributed by atoms with Crippen molar-refractivity contribution in [1.29, 1.82) is 0 Å². The fourth-order valence-electron chi connectivity index (χ4n) is 2.40. The van der Waals surface area contributed by atoms with Crippen LogP contribution in [0.5, 0.6) is 5.75 Å². The first kappa shape index (κ1) is 13.9. The number of hydrogen-bond acceptors (Lipinski definition) is 2. The highest BCUT2D eigenvalue weighted by molar-refractivity contribution is 5.76. The summed E-state index contributed by atoms with van der Waals surface area (Å²) in [4.78, 5) is 13.8. The highest BCUT2D eigenvalue weighted by atomic mass is 16.5. The molecular formula is C16H23NO2. The molecule has 1 aliphatic heterocycles. The number of hydrogen-bond donors (Lipinski definition) is 0. The Balaban J connectivity index is 1.80. The maximum absolute atomic E-state index is 11.8. The van der Waals surface area contributed by atoms with Crippen LogP contribution in [0, 0.1) is 6.92 Å². The van der Waals surface area contributed by atoms with Gasteiger partial charge in [0.25, 0.3) is 0 Å². The van der Waals surface area contributed by atoms with Crippen LogP contribution in [0.2, 0.25) is 0 Å². The fourth-order valence-corrected chi connectivity index (χ4v) is 2.40. The Kier molecular flexibility index (Phi) is 4.83. The first-order chi connectivity index (χ1) is 9.19. The second-order valence-electron chi connectivity index (χ2n) is 5.26. The monoisotopic (exact) mass is 261 g/mol. The van der Waals surface area contributed by atoms with Gasteiger partial charge in [0.2, 0.25) is 5.91 Å². The minimum Gasteiger partial charge on any atom is -0.490 e. The number of amides is 1. The van der Waals surface area contributed by atoms with Crippen molar-refractivity contribution in [3.8, 4) is 5.75 Å². The Bertz CT molecular complexity index is 405. The molecule has 0 spiro atoms. The lowest BCUT2D eigenvalue weighted by Crippen LogP contribution is -2.41. The predicted octanol–water partition coefficient (Wildman–Crippen LogP) is 3.16. The van der Waals surface area contributed by atoms with Gasteiger partial charge in [0, 0.05) is 32.4 Å². The Morgan fingerprint density at radius 2 is 1.89 bits per heavy atom. The number of carbonyl (C=O) groups is 1. The molecule has 0 N–H and O–H groups in total. The summed E-state index contributed by atoms with van der Waals surface area (Å²) < 4.78 is 5.96. The van der Waals surface area contributed by atoms with Crippen LogP contribution in [0.15, 0.2) is 24.3 Å². The molecule has 1 amide bonds. The van der Waals surface area contributed by atoms with Crippen molar-refractivity contribution in [2.75, 3.05) is 13.1 Å². The highest BCUT2D eigenvalue weighted by Crippen LogP contribution is 2.20. The Morgan fingerprint density at radius 3 is 2.47 bits per heavy atom. The molecular weight excluding hydrogens is 238 g/mol. The molecule has 1 aliphatic rings. The molecule has 2 rings (SSSR count). The number of benzene rings is 1. The van der Waals surface area contributed by atoms with Gasteiger partial charge in [0.05, 0.1) is 0 Å². The zero-order chi connectivity index (χ0) is 13.7. The second-order valence-corrected chi connectivity index (χ2v) is 5.26. The molecule has 3 nitrogen and oxygen atoms in total. The van der Waals surface area contributed by atoms with Gasteiger partial charge in [-0.05, 0) is 25.5 Å². The van der Waals surface area contributed by atoms with Gasteiger partial charge in [-0.1, -0.05) is 24.6 Å². The number of rotatable bonds is 4. The number of likely N-dealkylation sites (tertiary alicyclic amines) is 1. The van der Waals surface area contributed by atoms with Crippen LogP contribution in [0.25, 0.3) is 0 Å². The number of aryl methyl sites for hydroxylation is 1. The average Bonchev–Trinajstić information content (AvgIpc) is 2.42. The molecule has 0 aromatic heterocycles. The molecule has 1 aromatic carbocycles. The van der Waals surface area contributed by atoms with Crippen molar-refractivity contribution in [1.82, 2.24) is 4.90 Å². The lowest BCUT2D eigenvalue weighted by molar-refractivity contribution is -0.133. The van der Waals surface area contributed by atoms with E-state index >= 15 is 0 Å². The summed E-state index contributed by atoms with van der Waals surface area (Å²) in [6.07, 6.45) is 3.71. The van der Waals surface area contributed by atoms with Gasteiger partial charge < -0.3 is 9.64 Å². The van der Waals surface area contributed by atoms with Gasteiger partial charge in [0.15, 0.2) is 0 Å². The third-order valence-electron chi connectivity index (χ3n) is 3.58. The maximum atomic E-state index is 11.8. The van der Waals surface area contributed by atoms with Crippen molar-refractivity contribution in [2.24, 2.45) is 0 Å². The molecule has 1 fully saturated rings. The molecule has 1 heterocycles. The Hall–Kier alpha value is -1.51. The normalized spacial score (nSPS) is 16.4. The van der Waals surface area contributed by atoms with Gasteiger partial charge in [-0.15, -0.1) is 0 Å². The van der Waals surface area contributed by atoms with Gasteiger partial charge in [-0.2, -0.15) is 0 Å². The Morgan fingerprint density at radius 1 is 1.26 bits per heavy atom. The Labute approximate surface area is 115 Å². The van der Waals surface area contributed by atoms with Crippen molar-refractivity contribution in [3.63, 3.8) is 0 Å². The van der Waals surface area contributed by atoms with Gasteiger partial charge in [0.1, 0.15) is 11.9 Å². The molecule has 0 unspecified atom stereocenters. The quantitative estimate of drug-likeness (QED) is 0.833. The van der Waals surface area contributed by atoms with Crippen LogP contribution in [0.3, 0.4) is 0 Å². The number of carbonyl (C=O) groups excluding carboxylic acids is 1. The average molecular weight is 261 g/mol. The minimum atomic E-state index is 0.244. The van der Waals surface area contributed by atoms with E-state index in [1.807, 2.05) is 24.0 Å². The molecule has 3 heteroatoms. The second kappa shape index (κ2) is 6.60. The lowest BCUT2D eigenvalue weighted by atomic mass is 10.1. The highest BCUT2D eigenvalue weighted by Gasteiger charge is 2.23. The predicted molar refractivity (Wildman–Crippen MR) is 76.3 cm³/mol. The van der Waals surface area contributed by atoms with E-state index in [1.165, 1.54) is 5.56 Å². The molecule has 104 valence electrons. The van der Waals surface area contributed by atoms with Crippen LogP contribution in [-0.4, -0.2) is 30.0 Å². The zero-order valence-electron chi connectivity index (χ0n) is 11.9. The standard InChI is InChI=1S/C16H23NO2/c1-3-4-16(18)17-11-9-15(10-12-17)19-14-7-5-13(2)6-8-14/h5-8,15H,3-4,9-12H2,1-2H3. The molecule has 19 heavy (non-hydrogen) atoms. The van der Waals surface area contributed by atoms with E-state index < -0.39 is 0 Å². The van der Waals surface area contributed by atoms with E-state index in [9.17, 15) is 4.79 Å². The van der Waals surface area contributed by atoms with Gasteiger partial charge >= 0.3 is 0 Å². The molecule has 0 saturated carbocycles. The number of nitrogens with zero attached hydrogens (tertiary/aromatic N) is 1. The smallest absolute Gasteiger partial charge is 0.222 e. The fraction of sp³-hybridized carbons (Fsp3) is 0.562. The summed E-state index contributed by atoms with van der Waals surface area (Å²) in [5, 5.41) is 0. The SMILES string of the molecule is CCCC(=O)N1CCC(Oc2ccc(C)cc2)CC1. The molecule has 0 bridgehead atoms. The van der Waals surface area contributed by atoms with Crippen molar-refractivity contribution in [2.45, 2.75) is 45.6 Å². The number of piperidine rings is 1. The zero-order valence-corrected chi connectivity index (χ0v) is 11.9. The first-order valence-corrected chi connectivity index (χ1v) is 7.20. The maximum Gasteiger partial charge on any atom is 0.222 e. The van der Waals surface area contributed by atoms with E-state index in [-0.39, 0.29) is 12.0 Å². The summed E-state index contributed by atoms with van der Waals surface area (Å²) in [5.41, 5.74) is 1.24. The molecule has 1 saturated heterocycles. The van der Waals surface area contributed by atoms with Gasteiger partial charge in [-0.25, -0.2) is 0 Å². The van der Waals surface area contributed by atoms with Gasteiger partial charge in [-0.3, -0.25) is 4.79 Å². The molecule has 0 radical (unpaired) electrons. The van der Waals surface area contributed by atoms with Crippen molar-refractivity contribution in [3.05, 3.63) is 29.8 Å². The summed E-state index contributed by atoms with van der Waals surface area (Å²) in [6, 6.07) is 8.17. The largest absolute Gasteiger partial charge is 0.490 e. The lowest BCUT2D eigenvalue weighted by Gasteiger charge is -2.32. The van der Waals surface area contributed by atoms with E-state index in [0.717, 1.165) is 38.1 Å². The van der Waals surface area contributed by atoms with E-state index in [2.05, 4.69) is 19.1 Å². The van der Waals surface area contributed by atoms with E-state index in [4.69, 9.17) is 4.74 Å². The number of ether oxygens (including phenoxy) is 1. The molecule has 0 atom stereocenters. The summed E-state index contributed by atoms with van der Waals surface area (Å²) in [7, 11) is 0. The topological polar surface area (TPSA) is 29.5 Å². The summed E-state index contributed by atoms with van der Waals surface area (Å²) in [5.74, 6) is 1.22. The molecule has 0 aliphatic carbocycles. The van der Waals surface area contributed by atoms with Crippen LogP contribution in [0.4, 0.5) is 0 Å². The van der Waals surface area contributed by atoms with Crippen molar-refractivity contribution < 1.29 is 9.53 Å². The van der Waals surface area contributed by atoms with Crippen molar-refractivity contribution >= 4 is 5.91 Å². The minimum absolute atomic E-state index is 0.244. The van der Waals surface area contributed by atoms with Crippen LogP contribution >= 0.6 is 0 Å². The van der Waals surface area contributed by atoms with Crippen LogP contribution in [0.1, 0.15) is 38.2 Å².